The van der Waals surface area contributed by atoms with E-state index < -0.39 is 0 Å². The number of benzene rings is 1. The molecule has 0 radical (unpaired) electrons. The molecule has 3 rings (SSSR count). The van der Waals surface area contributed by atoms with Gasteiger partial charge in [-0.2, -0.15) is 0 Å². The van der Waals surface area contributed by atoms with Crippen molar-refractivity contribution in [1.29, 1.82) is 0 Å². The zero-order valence-electron chi connectivity index (χ0n) is 10.5. The van der Waals surface area contributed by atoms with Crippen molar-refractivity contribution in [2.75, 3.05) is 6.61 Å². The van der Waals surface area contributed by atoms with Gasteiger partial charge < -0.3 is 10.1 Å². The van der Waals surface area contributed by atoms with Crippen molar-refractivity contribution in [3.63, 3.8) is 0 Å². The molecule has 1 aromatic carbocycles. The van der Waals surface area contributed by atoms with Gasteiger partial charge >= 0.3 is 0 Å². The molecule has 1 amide bonds. The lowest BCUT2D eigenvalue weighted by molar-refractivity contribution is -0.121. The van der Waals surface area contributed by atoms with Crippen LogP contribution in [0.2, 0.25) is 0 Å². The third kappa shape index (κ3) is 2.79. The minimum atomic E-state index is 0.0670. The smallest absolute Gasteiger partial charge is 0.225 e. The van der Waals surface area contributed by atoms with Crippen LogP contribution in [0.1, 0.15) is 22.9 Å². The first kappa shape index (κ1) is 12.2. The summed E-state index contributed by atoms with van der Waals surface area (Å²) >= 11 is 1.61. The number of carbonyl (C=O) groups excluding carboxylic acids is 1. The van der Waals surface area contributed by atoms with Gasteiger partial charge in [-0.05, 0) is 17.5 Å². The Balaban J connectivity index is 1.69. The maximum Gasteiger partial charge on any atom is 0.225 e. The van der Waals surface area contributed by atoms with E-state index in [1.54, 1.807) is 11.3 Å². The summed E-state index contributed by atoms with van der Waals surface area (Å²) < 4.78 is 5.59. The second kappa shape index (κ2) is 5.45. The summed E-state index contributed by atoms with van der Waals surface area (Å²) in [7, 11) is 0. The highest BCUT2D eigenvalue weighted by Crippen LogP contribution is 2.31. The Bertz CT molecular complexity index is 565. The molecule has 1 N–H and O–H groups in total. The second-order valence-corrected chi connectivity index (χ2v) is 5.58. The van der Waals surface area contributed by atoms with Gasteiger partial charge in [-0.25, -0.2) is 0 Å². The molecule has 0 saturated heterocycles. The number of carbonyl (C=O) groups is 1. The van der Waals surface area contributed by atoms with Gasteiger partial charge in [-0.1, -0.05) is 24.3 Å². The zero-order chi connectivity index (χ0) is 13.1. The molecule has 3 nitrogen and oxygen atoms in total. The molecule has 2 aromatic rings. The van der Waals surface area contributed by atoms with Crippen molar-refractivity contribution in [2.24, 2.45) is 0 Å². The van der Waals surface area contributed by atoms with Gasteiger partial charge in [0.15, 0.2) is 0 Å². The van der Waals surface area contributed by atoms with Crippen LogP contribution in [0.3, 0.4) is 0 Å². The van der Waals surface area contributed by atoms with Crippen LogP contribution in [0.15, 0.2) is 41.8 Å². The Morgan fingerprint density at radius 3 is 3.05 bits per heavy atom. The summed E-state index contributed by atoms with van der Waals surface area (Å²) in [5.41, 5.74) is 1.08. The summed E-state index contributed by atoms with van der Waals surface area (Å²) in [6.45, 7) is 0.654. The van der Waals surface area contributed by atoms with Crippen molar-refractivity contribution in [3.05, 3.63) is 52.2 Å². The standard InChI is InChI=1S/C15H15NO2S/c17-15(10-11-4-3-9-19-11)16-13-7-8-18-14-6-2-1-5-12(13)14/h1-6,9,13H,7-8,10H2,(H,16,17). The van der Waals surface area contributed by atoms with E-state index in [1.807, 2.05) is 41.8 Å². The van der Waals surface area contributed by atoms with Crippen LogP contribution in [0.5, 0.6) is 5.75 Å². The molecular weight excluding hydrogens is 258 g/mol. The van der Waals surface area contributed by atoms with Gasteiger partial charge in [0, 0.05) is 16.9 Å². The molecule has 0 aliphatic carbocycles. The first-order valence-corrected chi connectivity index (χ1v) is 7.24. The van der Waals surface area contributed by atoms with Crippen molar-refractivity contribution in [3.8, 4) is 5.75 Å². The second-order valence-electron chi connectivity index (χ2n) is 4.55. The molecular formula is C15H15NO2S. The Morgan fingerprint density at radius 1 is 1.32 bits per heavy atom. The van der Waals surface area contributed by atoms with Crippen LogP contribution in [0.25, 0.3) is 0 Å². The Labute approximate surface area is 116 Å². The van der Waals surface area contributed by atoms with Crippen molar-refractivity contribution >= 4 is 17.2 Å². The molecule has 19 heavy (non-hydrogen) atoms. The maximum atomic E-state index is 12.0. The van der Waals surface area contributed by atoms with E-state index in [0.717, 1.165) is 22.6 Å². The summed E-state index contributed by atoms with van der Waals surface area (Å²) in [5, 5.41) is 5.09. The van der Waals surface area contributed by atoms with E-state index in [0.29, 0.717) is 13.0 Å². The number of ether oxygens (including phenoxy) is 1. The molecule has 0 bridgehead atoms. The molecule has 0 spiro atoms. The van der Waals surface area contributed by atoms with Crippen molar-refractivity contribution < 1.29 is 9.53 Å². The van der Waals surface area contributed by atoms with Crippen LogP contribution < -0.4 is 10.1 Å². The molecule has 1 aromatic heterocycles. The van der Waals surface area contributed by atoms with E-state index in [4.69, 9.17) is 4.74 Å². The Morgan fingerprint density at radius 2 is 2.21 bits per heavy atom. The van der Waals surface area contributed by atoms with Crippen molar-refractivity contribution in [1.82, 2.24) is 5.32 Å². The van der Waals surface area contributed by atoms with Crippen LogP contribution in [0, 0.1) is 0 Å². The van der Waals surface area contributed by atoms with Crippen LogP contribution in [-0.2, 0) is 11.2 Å². The number of para-hydroxylation sites is 1. The number of thiophene rings is 1. The van der Waals surface area contributed by atoms with Gasteiger partial charge in [0.05, 0.1) is 19.1 Å². The molecule has 2 heterocycles. The van der Waals surface area contributed by atoms with Gasteiger partial charge in [0.25, 0.3) is 0 Å². The van der Waals surface area contributed by atoms with Gasteiger partial charge in [-0.15, -0.1) is 11.3 Å². The summed E-state index contributed by atoms with van der Waals surface area (Å²) in [6, 6.07) is 11.9. The minimum Gasteiger partial charge on any atom is -0.493 e. The topological polar surface area (TPSA) is 38.3 Å². The Hall–Kier alpha value is -1.81. The summed E-state index contributed by atoms with van der Waals surface area (Å²) in [6.07, 6.45) is 1.28. The minimum absolute atomic E-state index is 0.0670. The predicted molar refractivity (Wildman–Crippen MR) is 75.5 cm³/mol. The average Bonchev–Trinajstić information content (AvgIpc) is 2.92. The molecule has 1 unspecified atom stereocenters. The maximum absolute atomic E-state index is 12.0. The largest absolute Gasteiger partial charge is 0.493 e. The molecule has 0 fully saturated rings. The summed E-state index contributed by atoms with van der Waals surface area (Å²) in [5.74, 6) is 0.958. The van der Waals surface area contributed by atoms with E-state index in [1.165, 1.54) is 0 Å². The van der Waals surface area contributed by atoms with Crippen LogP contribution in [0.4, 0.5) is 0 Å². The van der Waals surface area contributed by atoms with Gasteiger partial charge in [0.1, 0.15) is 5.75 Å². The SMILES string of the molecule is O=C(Cc1cccs1)NC1CCOc2ccccc21. The number of hydrogen-bond donors (Lipinski definition) is 1. The lowest BCUT2D eigenvalue weighted by atomic mass is 10.0. The molecule has 98 valence electrons. The van der Waals surface area contributed by atoms with E-state index in [9.17, 15) is 4.79 Å². The molecule has 4 heteroatoms. The highest BCUT2D eigenvalue weighted by molar-refractivity contribution is 7.10. The zero-order valence-corrected chi connectivity index (χ0v) is 11.3. The highest BCUT2D eigenvalue weighted by Gasteiger charge is 2.22. The van der Waals surface area contributed by atoms with Gasteiger partial charge in [-0.3, -0.25) is 4.79 Å². The number of hydrogen-bond acceptors (Lipinski definition) is 3. The first-order valence-electron chi connectivity index (χ1n) is 6.36. The predicted octanol–water partition coefficient (Wildman–Crippen LogP) is 2.93. The number of fused-ring (bicyclic) bond motifs is 1. The lowest BCUT2D eigenvalue weighted by Gasteiger charge is -2.26. The average molecular weight is 273 g/mol. The molecule has 0 saturated carbocycles. The van der Waals surface area contributed by atoms with E-state index in [-0.39, 0.29) is 11.9 Å². The van der Waals surface area contributed by atoms with Gasteiger partial charge in [0.2, 0.25) is 5.91 Å². The molecule has 1 atom stereocenters. The highest BCUT2D eigenvalue weighted by atomic mass is 32.1. The number of amides is 1. The normalized spacial score (nSPS) is 17.4. The summed E-state index contributed by atoms with van der Waals surface area (Å²) in [4.78, 5) is 13.1. The number of rotatable bonds is 3. The fraction of sp³-hybridized carbons (Fsp3) is 0.267. The molecule has 1 aliphatic rings. The number of nitrogens with one attached hydrogen (secondary N) is 1. The van der Waals surface area contributed by atoms with Crippen LogP contribution >= 0.6 is 11.3 Å². The third-order valence-electron chi connectivity index (χ3n) is 3.21. The van der Waals surface area contributed by atoms with E-state index >= 15 is 0 Å². The fourth-order valence-electron chi connectivity index (χ4n) is 2.31. The first-order chi connectivity index (χ1) is 9.33. The monoisotopic (exact) mass is 273 g/mol. The van der Waals surface area contributed by atoms with Crippen molar-refractivity contribution in [2.45, 2.75) is 18.9 Å². The molecule has 1 aliphatic heterocycles. The Kier molecular flexibility index (Phi) is 3.51. The van der Waals surface area contributed by atoms with E-state index in [2.05, 4.69) is 5.32 Å². The fourth-order valence-corrected chi connectivity index (χ4v) is 3.01. The van der Waals surface area contributed by atoms with Crippen LogP contribution in [-0.4, -0.2) is 12.5 Å². The lowest BCUT2D eigenvalue weighted by Crippen LogP contribution is -2.32. The quantitative estimate of drug-likeness (QED) is 0.933. The third-order valence-corrected chi connectivity index (χ3v) is 4.09.